The van der Waals surface area contributed by atoms with Crippen LogP contribution in [-0.2, 0) is 4.79 Å². The number of carbonyl (C=O) groups is 1. The topological polar surface area (TPSA) is 20.3 Å². The summed E-state index contributed by atoms with van der Waals surface area (Å²) >= 11 is 11.5. The van der Waals surface area contributed by atoms with E-state index in [1.165, 1.54) is 0 Å². The van der Waals surface area contributed by atoms with Crippen molar-refractivity contribution < 1.29 is 4.79 Å². The molecular formula is C10H7Cl2NO. The fourth-order valence-electron chi connectivity index (χ4n) is 1.33. The van der Waals surface area contributed by atoms with Gasteiger partial charge in [-0.05, 0) is 12.1 Å². The minimum atomic E-state index is -0.233. The van der Waals surface area contributed by atoms with Gasteiger partial charge in [-0.3, -0.25) is 4.79 Å². The third-order valence-corrected chi connectivity index (χ3v) is 2.83. The number of para-hydroxylation sites is 1. The molecule has 1 aliphatic heterocycles. The van der Waals surface area contributed by atoms with Crippen molar-refractivity contribution in [3.8, 4) is 0 Å². The van der Waals surface area contributed by atoms with E-state index < -0.39 is 0 Å². The Morgan fingerprint density at radius 2 is 1.79 bits per heavy atom. The molecule has 0 N–H and O–H groups in total. The van der Waals surface area contributed by atoms with Gasteiger partial charge in [0.25, 0.3) is 5.91 Å². The first kappa shape index (κ1) is 9.56. The minimum absolute atomic E-state index is 0.121. The van der Waals surface area contributed by atoms with Crippen molar-refractivity contribution in [1.29, 1.82) is 0 Å². The molecule has 1 aromatic rings. The largest absolute Gasteiger partial charge is 0.302 e. The lowest BCUT2D eigenvalue weighted by Gasteiger charge is -2.15. The summed E-state index contributed by atoms with van der Waals surface area (Å²) in [5.41, 5.74) is 0.811. The smallest absolute Gasteiger partial charge is 0.271 e. The lowest BCUT2D eigenvalue weighted by atomic mass is 10.3. The molecule has 1 aliphatic rings. The zero-order chi connectivity index (χ0) is 10.1. The van der Waals surface area contributed by atoms with Gasteiger partial charge in [-0.2, -0.15) is 0 Å². The fourth-order valence-corrected chi connectivity index (χ4v) is 1.69. The summed E-state index contributed by atoms with van der Waals surface area (Å²) in [6.45, 7) is 0.364. The maximum Gasteiger partial charge on any atom is 0.271 e. The second-order valence-electron chi connectivity index (χ2n) is 2.95. The zero-order valence-corrected chi connectivity index (χ0v) is 8.72. The van der Waals surface area contributed by atoms with Crippen LogP contribution >= 0.6 is 23.2 Å². The first-order valence-electron chi connectivity index (χ1n) is 4.11. The Labute approximate surface area is 91.7 Å². The Hall–Kier alpha value is -0.990. The van der Waals surface area contributed by atoms with Gasteiger partial charge in [0.1, 0.15) is 5.03 Å². The van der Waals surface area contributed by atoms with Gasteiger partial charge in [-0.15, -0.1) is 0 Å². The number of halogens is 2. The van der Waals surface area contributed by atoms with Crippen molar-refractivity contribution in [2.24, 2.45) is 0 Å². The van der Waals surface area contributed by atoms with Crippen LogP contribution < -0.4 is 4.90 Å². The van der Waals surface area contributed by atoms with Gasteiger partial charge < -0.3 is 4.90 Å². The quantitative estimate of drug-likeness (QED) is 0.723. The number of nitrogens with zero attached hydrogens (tertiary/aromatic N) is 1. The van der Waals surface area contributed by atoms with Crippen LogP contribution in [0.15, 0.2) is 40.4 Å². The Bertz CT molecular complexity index is 400. The van der Waals surface area contributed by atoms with E-state index in [0.717, 1.165) is 5.69 Å². The summed E-state index contributed by atoms with van der Waals surface area (Å²) < 4.78 is 0. The van der Waals surface area contributed by atoms with Crippen LogP contribution in [0.2, 0.25) is 0 Å². The van der Waals surface area contributed by atoms with E-state index in [2.05, 4.69) is 0 Å². The van der Waals surface area contributed by atoms with Gasteiger partial charge in [0, 0.05) is 5.69 Å². The molecule has 1 heterocycles. The maximum atomic E-state index is 11.6. The molecule has 0 radical (unpaired) electrons. The van der Waals surface area contributed by atoms with E-state index in [0.29, 0.717) is 11.6 Å². The number of hydrogen-bond acceptors (Lipinski definition) is 1. The SMILES string of the molecule is O=C1C(Cl)=C(Cl)CN1c1ccccc1. The Balaban J connectivity index is 2.30. The lowest BCUT2D eigenvalue weighted by molar-refractivity contribution is -0.114. The molecule has 4 heteroatoms. The molecular weight excluding hydrogens is 221 g/mol. The van der Waals surface area contributed by atoms with E-state index in [1.54, 1.807) is 4.90 Å². The molecule has 14 heavy (non-hydrogen) atoms. The average molecular weight is 228 g/mol. The van der Waals surface area contributed by atoms with Crippen molar-refractivity contribution in [3.63, 3.8) is 0 Å². The van der Waals surface area contributed by atoms with E-state index in [9.17, 15) is 4.79 Å². The van der Waals surface area contributed by atoms with Crippen LogP contribution in [0.5, 0.6) is 0 Å². The number of anilines is 1. The zero-order valence-electron chi connectivity index (χ0n) is 7.21. The molecule has 2 nitrogen and oxygen atoms in total. The lowest BCUT2D eigenvalue weighted by Crippen LogP contribution is -2.25. The molecule has 0 spiro atoms. The summed E-state index contributed by atoms with van der Waals surface area (Å²) in [7, 11) is 0. The van der Waals surface area contributed by atoms with Crippen LogP contribution in [0, 0.1) is 0 Å². The highest BCUT2D eigenvalue weighted by Crippen LogP contribution is 2.29. The molecule has 2 rings (SSSR count). The van der Waals surface area contributed by atoms with Crippen molar-refractivity contribution in [1.82, 2.24) is 0 Å². The standard InChI is InChI=1S/C10H7Cl2NO/c11-8-6-13(10(14)9(8)12)7-4-2-1-3-5-7/h1-5H,6H2. The third kappa shape index (κ3) is 1.51. The summed E-state index contributed by atoms with van der Waals surface area (Å²) in [6, 6.07) is 9.31. The van der Waals surface area contributed by atoms with Gasteiger partial charge in [0.15, 0.2) is 0 Å². The molecule has 1 aromatic carbocycles. The van der Waals surface area contributed by atoms with Crippen LogP contribution in [0.4, 0.5) is 5.69 Å². The van der Waals surface area contributed by atoms with Crippen LogP contribution in [-0.4, -0.2) is 12.5 Å². The van der Waals surface area contributed by atoms with Crippen molar-refractivity contribution in [3.05, 3.63) is 40.4 Å². The van der Waals surface area contributed by atoms with Crippen molar-refractivity contribution in [2.75, 3.05) is 11.4 Å². The first-order valence-corrected chi connectivity index (χ1v) is 4.87. The van der Waals surface area contributed by atoms with E-state index >= 15 is 0 Å². The molecule has 0 saturated heterocycles. The Morgan fingerprint density at radius 3 is 2.29 bits per heavy atom. The first-order chi connectivity index (χ1) is 6.70. The normalized spacial score (nSPS) is 16.7. The van der Waals surface area contributed by atoms with Gasteiger partial charge >= 0.3 is 0 Å². The highest BCUT2D eigenvalue weighted by molar-refractivity contribution is 6.51. The number of amides is 1. The molecule has 1 amide bonds. The molecule has 0 fully saturated rings. The number of rotatable bonds is 1. The molecule has 0 aromatic heterocycles. The summed E-state index contributed by atoms with van der Waals surface area (Å²) in [4.78, 5) is 13.1. The Morgan fingerprint density at radius 1 is 1.14 bits per heavy atom. The van der Waals surface area contributed by atoms with Crippen molar-refractivity contribution in [2.45, 2.75) is 0 Å². The third-order valence-electron chi connectivity index (χ3n) is 2.04. The molecule has 0 atom stereocenters. The molecule has 72 valence electrons. The van der Waals surface area contributed by atoms with Crippen LogP contribution in [0.1, 0.15) is 0 Å². The van der Waals surface area contributed by atoms with Crippen molar-refractivity contribution >= 4 is 34.8 Å². The molecule has 0 bridgehead atoms. The van der Waals surface area contributed by atoms with Gasteiger partial charge in [0.2, 0.25) is 0 Å². The second kappa shape index (κ2) is 3.64. The van der Waals surface area contributed by atoms with Crippen LogP contribution in [0.25, 0.3) is 0 Å². The highest BCUT2D eigenvalue weighted by Gasteiger charge is 2.28. The predicted molar refractivity (Wildman–Crippen MR) is 57.5 cm³/mol. The van der Waals surface area contributed by atoms with E-state index in [1.807, 2.05) is 30.3 Å². The molecule has 0 saturated carbocycles. The summed E-state index contributed by atoms with van der Waals surface area (Å²) in [6.07, 6.45) is 0. The second-order valence-corrected chi connectivity index (χ2v) is 3.78. The maximum absolute atomic E-state index is 11.6. The summed E-state index contributed by atoms with van der Waals surface area (Å²) in [5, 5.41) is 0.524. The summed E-state index contributed by atoms with van der Waals surface area (Å²) in [5.74, 6) is -0.233. The minimum Gasteiger partial charge on any atom is -0.302 e. The number of hydrogen-bond donors (Lipinski definition) is 0. The molecule has 0 aliphatic carbocycles. The number of benzene rings is 1. The highest BCUT2D eigenvalue weighted by atomic mass is 35.5. The Kier molecular flexibility index (Phi) is 2.48. The monoisotopic (exact) mass is 227 g/mol. The molecule has 0 unspecified atom stereocenters. The van der Waals surface area contributed by atoms with Gasteiger partial charge in [0.05, 0.1) is 11.6 Å². The number of carbonyl (C=O) groups excluding carboxylic acids is 1. The van der Waals surface area contributed by atoms with Gasteiger partial charge in [-0.25, -0.2) is 0 Å². The average Bonchev–Trinajstić information content (AvgIpc) is 2.47. The van der Waals surface area contributed by atoms with E-state index in [-0.39, 0.29) is 10.9 Å². The van der Waals surface area contributed by atoms with Crippen LogP contribution in [0.3, 0.4) is 0 Å². The predicted octanol–water partition coefficient (Wildman–Crippen LogP) is 2.72. The van der Waals surface area contributed by atoms with E-state index in [4.69, 9.17) is 23.2 Å². The van der Waals surface area contributed by atoms with Gasteiger partial charge in [-0.1, -0.05) is 41.4 Å². The fraction of sp³-hybridized carbons (Fsp3) is 0.100.